The zero-order valence-corrected chi connectivity index (χ0v) is 37.7. The lowest BCUT2D eigenvalue weighted by molar-refractivity contribution is -0.142. The van der Waals surface area contributed by atoms with Crippen LogP contribution in [0.15, 0.2) is 48.1 Å². The Balaban J connectivity index is 0.808. The van der Waals surface area contributed by atoms with E-state index in [-0.39, 0.29) is 49.2 Å². The SMILES string of the molecule is CCCc1cc(N[C@@H]2CC[C@@H](NC(=O)CCOCCOCCOCCNC(C(=O)N3C[C@H](O)C[C@H]3C(=O)NCc3ccc(-c4scnc4C)cc3)C(C)(C)C)C2)n2nccc2n1. The number of anilines is 1. The molecule has 4 aromatic rings. The first-order valence-electron chi connectivity index (χ1n) is 22.0. The molecule has 5 N–H and O–H groups in total. The highest BCUT2D eigenvalue weighted by atomic mass is 32.1. The summed E-state index contributed by atoms with van der Waals surface area (Å²) < 4.78 is 18.9. The fourth-order valence-electron chi connectivity index (χ4n) is 8.08. The van der Waals surface area contributed by atoms with Crippen LogP contribution in [0, 0.1) is 12.3 Å². The van der Waals surface area contributed by atoms with Gasteiger partial charge in [-0.3, -0.25) is 14.4 Å². The number of aromatic nitrogens is 4. The molecule has 0 bridgehead atoms. The van der Waals surface area contributed by atoms with Crippen LogP contribution >= 0.6 is 11.3 Å². The van der Waals surface area contributed by atoms with E-state index in [1.54, 1.807) is 17.5 Å². The van der Waals surface area contributed by atoms with Crippen molar-refractivity contribution >= 4 is 40.5 Å². The summed E-state index contributed by atoms with van der Waals surface area (Å²) in [7, 11) is 0. The van der Waals surface area contributed by atoms with Gasteiger partial charge in [0.2, 0.25) is 17.7 Å². The molecule has 2 aliphatic rings. The number of hydrogen-bond acceptors (Lipinski definition) is 13. The van der Waals surface area contributed by atoms with Crippen LogP contribution in [-0.4, -0.2) is 130 Å². The monoisotopic (exact) mass is 875 g/mol. The molecule has 2 fully saturated rings. The second kappa shape index (κ2) is 22.7. The number of thiazole rings is 1. The van der Waals surface area contributed by atoms with Gasteiger partial charge in [0.15, 0.2) is 5.65 Å². The lowest BCUT2D eigenvalue weighted by Crippen LogP contribution is -2.57. The van der Waals surface area contributed by atoms with E-state index in [9.17, 15) is 19.5 Å². The van der Waals surface area contributed by atoms with Gasteiger partial charge in [-0.2, -0.15) is 9.61 Å². The lowest BCUT2D eigenvalue weighted by atomic mass is 9.85. The fraction of sp³-hybridized carbons (Fsp3) is 0.600. The van der Waals surface area contributed by atoms with Gasteiger partial charge in [0.25, 0.3) is 0 Å². The highest BCUT2D eigenvalue weighted by Gasteiger charge is 2.43. The van der Waals surface area contributed by atoms with Gasteiger partial charge in [-0.15, -0.1) is 11.3 Å². The fourth-order valence-corrected chi connectivity index (χ4v) is 8.89. The van der Waals surface area contributed by atoms with Gasteiger partial charge >= 0.3 is 0 Å². The largest absolute Gasteiger partial charge is 0.391 e. The van der Waals surface area contributed by atoms with E-state index < -0.39 is 23.6 Å². The molecule has 6 rings (SSSR count). The van der Waals surface area contributed by atoms with Crippen molar-refractivity contribution in [2.75, 3.05) is 58.0 Å². The number of carbonyl (C=O) groups is 3. The number of aryl methyl sites for hydroxylation is 2. The van der Waals surface area contributed by atoms with E-state index in [0.717, 1.165) is 71.0 Å². The number of carbonyl (C=O) groups excluding carboxylic acids is 3. The van der Waals surface area contributed by atoms with Crippen LogP contribution in [0.25, 0.3) is 16.1 Å². The molecule has 62 heavy (non-hydrogen) atoms. The third-order valence-electron chi connectivity index (χ3n) is 11.3. The predicted octanol–water partition coefficient (Wildman–Crippen LogP) is 4.29. The Bertz CT molecular complexity index is 2050. The van der Waals surface area contributed by atoms with Crippen molar-refractivity contribution in [2.24, 2.45) is 5.41 Å². The molecule has 1 aliphatic carbocycles. The number of aliphatic hydroxyl groups is 1. The maximum Gasteiger partial charge on any atom is 0.243 e. The van der Waals surface area contributed by atoms with Crippen LogP contribution < -0.4 is 21.3 Å². The van der Waals surface area contributed by atoms with Crippen molar-refractivity contribution in [1.82, 2.24) is 40.4 Å². The van der Waals surface area contributed by atoms with Crippen molar-refractivity contribution in [3.8, 4) is 10.4 Å². The number of ether oxygens (including phenoxy) is 3. The number of rotatable bonds is 23. The van der Waals surface area contributed by atoms with Crippen molar-refractivity contribution in [3.05, 3.63) is 65.1 Å². The van der Waals surface area contributed by atoms with Gasteiger partial charge in [-0.25, -0.2) is 9.97 Å². The average Bonchev–Trinajstić information content (AvgIpc) is 4.07. The summed E-state index contributed by atoms with van der Waals surface area (Å²) in [6, 6.07) is 11.0. The molecular formula is C45H65N9O7S. The summed E-state index contributed by atoms with van der Waals surface area (Å²) in [5.74, 6) is 0.412. The molecule has 16 nitrogen and oxygen atoms in total. The minimum atomic E-state index is -0.780. The van der Waals surface area contributed by atoms with Gasteiger partial charge in [0.1, 0.15) is 11.9 Å². The molecule has 3 amide bonds. The average molecular weight is 876 g/mol. The third-order valence-corrected chi connectivity index (χ3v) is 12.3. The smallest absolute Gasteiger partial charge is 0.243 e. The van der Waals surface area contributed by atoms with E-state index in [2.05, 4.69) is 49.3 Å². The van der Waals surface area contributed by atoms with Crippen molar-refractivity contribution in [2.45, 2.75) is 116 Å². The third kappa shape index (κ3) is 13.3. The zero-order chi connectivity index (χ0) is 44.1. The molecular weight excluding hydrogens is 811 g/mol. The Labute approximate surface area is 368 Å². The molecule has 0 spiro atoms. The van der Waals surface area contributed by atoms with Crippen molar-refractivity contribution in [1.29, 1.82) is 0 Å². The molecule has 1 aliphatic heterocycles. The predicted molar refractivity (Wildman–Crippen MR) is 239 cm³/mol. The minimum absolute atomic E-state index is 0.0165. The van der Waals surface area contributed by atoms with E-state index in [4.69, 9.17) is 14.2 Å². The number of β-amino-alcohol motifs (C(OH)–C–C–N with tert-alkyl or cyclic N) is 1. The highest BCUT2D eigenvalue weighted by Crippen LogP contribution is 2.29. The summed E-state index contributed by atoms with van der Waals surface area (Å²) in [4.78, 5) is 51.5. The van der Waals surface area contributed by atoms with E-state index in [0.29, 0.717) is 52.7 Å². The highest BCUT2D eigenvalue weighted by molar-refractivity contribution is 7.13. The first kappa shape index (κ1) is 47.0. The number of hydrogen-bond donors (Lipinski definition) is 5. The second-order valence-corrected chi connectivity index (χ2v) is 18.2. The summed E-state index contributed by atoms with van der Waals surface area (Å²) in [5.41, 5.74) is 6.25. The maximum atomic E-state index is 13.9. The summed E-state index contributed by atoms with van der Waals surface area (Å²) in [6.45, 7) is 13.1. The Morgan fingerprint density at radius 1 is 0.968 bits per heavy atom. The zero-order valence-electron chi connectivity index (χ0n) is 36.9. The molecule has 4 heterocycles. The van der Waals surface area contributed by atoms with Crippen LogP contribution in [-0.2, 0) is 41.6 Å². The van der Waals surface area contributed by atoms with Gasteiger partial charge < -0.3 is 45.5 Å². The van der Waals surface area contributed by atoms with Crippen LogP contribution in [0.5, 0.6) is 0 Å². The quantitative estimate of drug-likeness (QED) is 0.0666. The molecule has 1 saturated carbocycles. The molecule has 338 valence electrons. The standard InChI is InChI=1S/C45H65N9O7S/c1-6-7-33-25-39(54-38(50-33)14-16-49-54)51-34-12-13-35(24-34)52-40(56)15-18-59-20-22-61-23-21-60-19-17-46-42(45(3,4)5)44(58)53-28-36(55)26-37(53)43(57)47-27-31-8-10-32(11-9-31)41-30(2)48-29-62-41/h8-11,14,16,25,29,34-37,42,46,51,55H,6-7,12-13,15,17-24,26-28H2,1-5H3,(H,47,57)(H,52,56)/t34-,35-,36-,37+,42?/m1/s1. The summed E-state index contributed by atoms with van der Waals surface area (Å²) in [6.07, 6.45) is 6.12. The number of nitrogens with zero attached hydrogens (tertiary/aromatic N) is 5. The molecule has 1 aromatic carbocycles. The summed E-state index contributed by atoms with van der Waals surface area (Å²) in [5, 5.41) is 28.1. The normalized spacial score (nSPS) is 19.5. The van der Waals surface area contributed by atoms with Crippen molar-refractivity contribution < 1.29 is 33.7 Å². The second-order valence-electron chi connectivity index (χ2n) is 17.3. The first-order valence-corrected chi connectivity index (χ1v) is 22.9. The molecule has 1 saturated heterocycles. The topological polar surface area (TPSA) is 194 Å². The number of aliphatic hydroxyl groups excluding tert-OH is 1. The molecule has 5 atom stereocenters. The Hall–Kier alpha value is -4.52. The van der Waals surface area contributed by atoms with Gasteiger partial charge in [0.05, 0.1) is 74.1 Å². The molecule has 0 radical (unpaired) electrons. The molecule has 1 unspecified atom stereocenters. The minimum Gasteiger partial charge on any atom is -0.391 e. The molecule has 17 heteroatoms. The lowest BCUT2D eigenvalue weighted by Gasteiger charge is -2.35. The number of fused-ring (bicyclic) bond motifs is 1. The first-order chi connectivity index (χ1) is 29.9. The van der Waals surface area contributed by atoms with Crippen LogP contribution in [0.4, 0.5) is 5.82 Å². The Morgan fingerprint density at radius 2 is 1.69 bits per heavy atom. The van der Waals surface area contributed by atoms with Gasteiger partial charge in [-0.05, 0) is 49.1 Å². The van der Waals surface area contributed by atoms with Crippen LogP contribution in [0.1, 0.15) is 83.2 Å². The number of nitrogens with one attached hydrogen (secondary N) is 4. The van der Waals surface area contributed by atoms with Crippen LogP contribution in [0.2, 0.25) is 0 Å². The maximum absolute atomic E-state index is 13.9. The van der Waals surface area contributed by atoms with Gasteiger partial charge in [-0.1, -0.05) is 58.4 Å². The Morgan fingerprint density at radius 3 is 2.40 bits per heavy atom. The number of amides is 3. The van der Waals surface area contributed by atoms with Crippen LogP contribution in [0.3, 0.4) is 0 Å². The van der Waals surface area contributed by atoms with Gasteiger partial charge in [0, 0.05) is 62.4 Å². The summed E-state index contributed by atoms with van der Waals surface area (Å²) >= 11 is 1.59. The van der Waals surface area contributed by atoms with Crippen molar-refractivity contribution in [3.63, 3.8) is 0 Å². The molecule has 3 aromatic heterocycles. The Kier molecular flexibility index (Phi) is 17.2. The van der Waals surface area contributed by atoms with E-state index >= 15 is 0 Å². The number of benzene rings is 1. The number of likely N-dealkylation sites (tertiary alicyclic amines) is 1. The van der Waals surface area contributed by atoms with E-state index in [1.165, 1.54) is 4.90 Å². The van der Waals surface area contributed by atoms with E-state index in [1.807, 2.05) is 68.1 Å².